The summed E-state index contributed by atoms with van der Waals surface area (Å²) in [6.07, 6.45) is 15.7. The summed E-state index contributed by atoms with van der Waals surface area (Å²) in [7, 11) is 0. The monoisotopic (exact) mass is 556 g/mol. The maximum atomic E-state index is 11.4. The predicted octanol–water partition coefficient (Wildman–Crippen LogP) is 6.58. The van der Waals surface area contributed by atoms with E-state index in [0.29, 0.717) is 30.3 Å². The van der Waals surface area contributed by atoms with Gasteiger partial charge in [0.1, 0.15) is 11.6 Å². The third-order valence-corrected chi connectivity index (χ3v) is 7.71. The van der Waals surface area contributed by atoms with Gasteiger partial charge in [-0.15, -0.1) is 0 Å². The number of ketones is 2. The lowest BCUT2D eigenvalue weighted by Crippen LogP contribution is -2.52. The van der Waals surface area contributed by atoms with Crippen molar-refractivity contribution in [2.75, 3.05) is 11.5 Å². The van der Waals surface area contributed by atoms with Crippen molar-refractivity contribution in [3.63, 3.8) is 0 Å². The van der Waals surface area contributed by atoms with E-state index in [4.69, 9.17) is 0 Å². The van der Waals surface area contributed by atoms with Gasteiger partial charge in [0.05, 0.1) is 5.54 Å². The first-order valence-corrected chi connectivity index (χ1v) is 15.2. The normalized spacial score (nSPS) is 20.7. The lowest BCUT2D eigenvalue weighted by molar-refractivity contribution is -0.125. The Morgan fingerprint density at radius 2 is 1.47 bits per heavy atom. The molecule has 0 aliphatic carbocycles. The first-order chi connectivity index (χ1) is 17.7. The van der Waals surface area contributed by atoms with Crippen LogP contribution in [0.4, 0.5) is 0 Å². The fourth-order valence-electron chi connectivity index (χ4n) is 4.02. The van der Waals surface area contributed by atoms with E-state index < -0.39 is 0 Å². The van der Waals surface area contributed by atoms with Gasteiger partial charge in [0.15, 0.2) is 0 Å². The van der Waals surface area contributed by atoms with E-state index in [1.807, 2.05) is 31.7 Å². The quantitative estimate of drug-likeness (QED) is 0.208. The van der Waals surface area contributed by atoms with Crippen molar-refractivity contribution in [2.45, 2.75) is 131 Å². The molecule has 0 aromatic carbocycles. The summed E-state index contributed by atoms with van der Waals surface area (Å²) in [5.41, 5.74) is 0.0382. The van der Waals surface area contributed by atoms with Crippen molar-refractivity contribution < 1.29 is 25.4 Å². The lowest BCUT2D eigenvalue weighted by Gasteiger charge is -2.32. The van der Waals surface area contributed by atoms with Crippen molar-refractivity contribution in [3.8, 4) is 0 Å². The zero-order valence-electron chi connectivity index (χ0n) is 23.8. The van der Waals surface area contributed by atoms with Crippen LogP contribution < -0.4 is 10.6 Å². The van der Waals surface area contributed by atoms with Gasteiger partial charge in [-0.05, 0) is 39.2 Å². The Kier molecular flexibility index (Phi) is 23.1. The number of nitrogens with one attached hydrogen (secondary N) is 2. The Morgan fingerprint density at radius 1 is 0.947 bits per heavy atom. The highest BCUT2D eigenvalue weighted by atomic mass is 32.2. The average molecular weight is 557 g/mol. The molecule has 0 radical (unpaired) electrons. The Labute approximate surface area is 237 Å². The maximum absolute atomic E-state index is 11.4. The zero-order chi connectivity index (χ0) is 28.1. The number of Topliss-reactive ketones (excluding diaryl/α,β-unsaturated/α-hetero) is 2. The first-order valence-electron chi connectivity index (χ1n) is 14.1. The summed E-state index contributed by atoms with van der Waals surface area (Å²) >= 11 is 1.91. The van der Waals surface area contributed by atoms with Crippen LogP contribution in [-0.4, -0.2) is 46.3 Å². The molecule has 0 bridgehead atoms. The van der Waals surface area contributed by atoms with Crippen LogP contribution in [0.25, 0.3) is 0 Å². The number of imide groups is 1. The second-order valence-electron chi connectivity index (χ2n) is 9.82. The second-order valence-corrected chi connectivity index (χ2v) is 10.9. The van der Waals surface area contributed by atoms with Crippen molar-refractivity contribution in [1.29, 1.82) is 0 Å². The second kappa shape index (κ2) is 23.0. The molecular weight excluding hydrogens is 500 g/mol. The van der Waals surface area contributed by atoms with E-state index in [1.165, 1.54) is 12.8 Å². The van der Waals surface area contributed by atoms with E-state index in [1.54, 1.807) is 13.0 Å². The summed E-state index contributed by atoms with van der Waals surface area (Å²) in [6, 6.07) is 0. The molecule has 3 aliphatic heterocycles. The highest BCUT2D eigenvalue weighted by Gasteiger charge is 2.40. The number of amides is 3. The van der Waals surface area contributed by atoms with Crippen LogP contribution in [0.2, 0.25) is 0 Å². The molecule has 3 aliphatic rings. The molecule has 7 nitrogen and oxygen atoms in total. The molecule has 2 saturated heterocycles. The highest BCUT2D eigenvalue weighted by molar-refractivity contribution is 7.99. The van der Waals surface area contributed by atoms with Gasteiger partial charge < -0.3 is 10.1 Å². The van der Waals surface area contributed by atoms with Gasteiger partial charge in [-0.3, -0.25) is 24.5 Å². The SMILES string of the molecule is C.CC.CCCCC(=O)CCCCCCCCC(C)=O.C[C@@]12CSC[C@@H]1C=CC(=O)N2.O=C1CCC(=O)N1.[HH]. The van der Waals surface area contributed by atoms with Gasteiger partial charge in [-0.1, -0.05) is 66.4 Å². The van der Waals surface area contributed by atoms with Crippen molar-refractivity contribution >= 4 is 41.0 Å². The molecule has 0 unspecified atom stereocenters. The number of thioether (sulfide) groups is 1. The van der Waals surface area contributed by atoms with E-state index in [-0.39, 0.29) is 32.1 Å². The molecular formula is C30H56N2O5S. The minimum absolute atomic E-state index is 0. The highest BCUT2D eigenvalue weighted by Crippen LogP contribution is 2.35. The molecule has 38 heavy (non-hydrogen) atoms. The van der Waals surface area contributed by atoms with Crippen molar-refractivity contribution in [1.82, 2.24) is 10.6 Å². The van der Waals surface area contributed by atoms with Crippen molar-refractivity contribution in [2.24, 2.45) is 5.92 Å². The van der Waals surface area contributed by atoms with Crippen LogP contribution in [0.15, 0.2) is 12.2 Å². The Balaban J connectivity index is -0.000000505. The lowest BCUT2D eigenvalue weighted by atomic mass is 9.86. The number of hydrogen-bond acceptors (Lipinski definition) is 6. The predicted molar refractivity (Wildman–Crippen MR) is 161 cm³/mol. The summed E-state index contributed by atoms with van der Waals surface area (Å²) < 4.78 is 0. The number of unbranched alkanes of at least 4 members (excludes halogenated alkanes) is 6. The maximum Gasteiger partial charge on any atom is 0.244 e. The summed E-state index contributed by atoms with van der Waals surface area (Å²) in [5.74, 6) is 3.24. The van der Waals surface area contributed by atoms with Gasteiger partial charge >= 0.3 is 0 Å². The topological polar surface area (TPSA) is 109 Å². The van der Waals surface area contributed by atoms with E-state index >= 15 is 0 Å². The van der Waals surface area contributed by atoms with E-state index in [9.17, 15) is 24.0 Å². The van der Waals surface area contributed by atoms with Gasteiger partial charge in [-0.25, -0.2) is 0 Å². The van der Waals surface area contributed by atoms with Crippen LogP contribution in [0, 0.1) is 5.92 Å². The van der Waals surface area contributed by atoms with Crippen LogP contribution in [0.1, 0.15) is 127 Å². The Morgan fingerprint density at radius 3 is 1.97 bits per heavy atom. The minimum Gasteiger partial charge on any atom is -0.346 e. The summed E-state index contributed by atoms with van der Waals surface area (Å²) in [6.45, 7) is 9.90. The van der Waals surface area contributed by atoms with Crippen LogP contribution >= 0.6 is 11.8 Å². The molecule has 0 aromatic heterocycles. The molecule has 222 valence electrons. The first kappa shape index (κ1) is 38.2. The molecule has 3 rings (SSSR count). The molecule has 2 N–H and O–H groups in total. The Bertz CT molecular complexity index is 746. The van der Waals surface area contributed by atoms with Gasteiger partial charge in [0.25, 0.3) is 0 Å². The van der Waals surface area contributed by atoms with Gasteiger partial charge in [0.2, 0.25) is 17.7 Å². The number of rotatable bonds is 12. The summed E-state index contributed by atoms with van der Waals surface area (Å²) in [4.78, 5) is 53.3. The molecule has 0 saturated carbocycles. The average Bonchev–Trinajstić information content (AvgIpc) is 3.44. The third-order valence-electron chi connectivity index (χ3n) is 6.31. The van der Waals surface area contributed by atoms with Crippen molar-refractivity contribution in [3.05, 3.63) is 12.2 Å². The number of hydrogen-bond donors (Lipinski definition) is 2. The Hall–Kier alpha value is -1.96. The van der Waals surface area contributed by atoms with Crippen LogP contribution in [-0.2, 0) is 24.0 Å². The number of carbonyl (C=O) groups is 5. The minimum atomic E-state index is -0.148. The van der Waals surface area contributed by atoms with E-state index in [2.05, 4.69) is 24.5 Å². The molecule has 8 heteroatoms. The third kappa shape index (κ3) is 18.3. The smallest absolute Gasteiger partial charge is 0.244 e. The van der Waals surface area contributed by atoms with E-state index in [0.717, 1.165) is 69.3 Å². The zero-order valence-corrected chi connectivity index (χ0v) is 24.6. The fourth-order valence-corrected chi connectivity index (χ4v) is 5.58. The van der Waals surface area contributed by atoms with Crippen LogP contribution in [0.3, 0.4) is 0 Å². The molecule has 0 aromatic rings. The number of fused-ring (bicyclic) bond motifs is 1. The van der Waals surface area contributed by atoms with Gasteiger partial charge in [-0.2, -0.15) is 11.8 Å². The molecule has 3 amide bonds. The summed E-state index contributed by atoms with van der Waals surface area (Å²) in [5, 5.41) is 5.15. The largest absolute Gasteiger partial charge is 0.346 e. The van der Waals surface area contributed by atoms with Crippen LogP contribution in [0.5, 0.6) is 0 Å². The molecule has 3 heterocycles. The number of carbonyl (C=O) groups excluding carboxylic acids is 5. The molecule has 2 atom stereocenters. The fraction of sp³-hybridized carbons (Fsp3) is 0.767. The molecule has 2 fully saturated rings. The van der Waals surface area contributed by atoms with Gasteiger partial charge in [0, 0.05) is 51.0 Å². The standard InChI is InChI=1S/C15H28O2.C8H11NOS.C4H5NO2.C2H6.CH4.H2/c1-3-4-12-15(17)13-10-8-6-5-7-9-11-14(2)16;1-8-5-11-4-6(8)2-3-7(10)9-8;6-3-1-2-4(7)5-3;1-2;;/h3-13H2,1-2H3;2-3,6H,4-5H2,1H3,(H,9,10);1-2H2,(H,5,6,7);1-2H3;1H4;1H/t;6-,8+;;;;/m.0..../s1. The molecule has 0 spiro atoms.